The van der Waals surface area contributed by atoms with Gasteiger partial charge in [0.1, 0.15) is 18.4 Å². The average molecular weight is 320 g/mol. The highest BCUT2D eigenvalue weighted by atomic mass is 16.6. The van der Waals surface area contributed by atoms with Crippen LogP contribution in [-0.2, 0) is 6.54 Å². The second-order valence-corrected chi connectivity index (χ2v) is 4.74. The van der Waals surface area contributed by atoms with E-state index in [1.54, 1.807) is 12.1 Å². The topological polar surface area (TPSA) is 135 Å². The maximum atomic E-state index is 10.7. The molecule has 0 unspecified atom stereocenters. The molecule has 0 saturated carbocycles. The van der Waals surface area contributed by atoms with E-state index < -0.39 is 4.92 Å². The molecule has 0 saturated heterocycles. The van der Waals surface area contributed by atoms with Gasteiger partial charge in [-0.25, -0.2) is 9.97 Å². The standard InChI is InChI=1S/C15H8N6O3/c16-5-13-14(6-17)20(9-18-13)7-11-8-24-15(19-11)10-1-3-12(4-2-10)21(22)23/h1-4,8-9H,7H2. The van der Waals surface area contributed by atoms with Crippen LogP contribution in [0.25, 0.3) is 11.5 Å². The molecular weight excluding hydrogens is 312 g/mol. The van der Waals surface area contributed by atoms with Crippen molar-refractivity contribution >= 4 is 5.69 Å². The second-order valence-electron chi connectivity index (χ2n) is 4.74. The van der Waals surface area contributed by atoms with Crippen LogP contribution in [-0.4, -0.2) is 19.5 Å². The van der Waals surface area contributed by atoms with E-state index in [0.29, 0.717) is 17.1 Å². The Balaban J connectivity index is 1.84. The van der Waals surface area contributed by atoms with Crippen molar-refractivity contribution in [3.8, 4) is 23.6 Å². The lowest BCUT2D eigenvalue weighted by atomic mass is 10.2. The molecule has 0 fully saturated rings. The predicted octanol–water partition coefficient (Wildman–Crippen LogP) is 2.24. The quantitative estimate of drug-likeness (QED) is 0.531. The fraction of sp³-hybridized carbons (Fsp3) is 0.0667. The molecule has 3 rings (SSSR count). The number of nitro groups is 1. The van der Waals surface area contributed by atoms with Gasteiger partial charge in [-0.2, -0.15) is 10.5 Å². The number of hydrogen-bond donors (Lipinski definition) is 0. The molecule has 9 nitrogen and oxygen atoms in total. The minimum atomic E-state index is -0.486. The number of non-ortho nitro benzene ring substituents is 1. The number of nitrogens with zero attached hydrogens (tertiary/aromatic N) is 6. The van der Waals surface area contributed by atoms with E-state index in [-0.39, 0.29) is 23.6 Å². The molecule has 0 aliphatic carbocycles. The first-order valence-electron chi connectivity index (χ1n) is 6.67. The maximum absolute atomic E-state index is 10.7. The highest BCUT2D eigenvalue weighted by molar-refractivity contribution is 5.55. The maximum Gasteiger partial charge on any atom is 0.269 e. The molecular formula is C15H8N6O3. The molecule has 0 aliphatic rings. The summed E-state index contributed by atoms with van der Waals surface area (Å²) in [5, 5.41) is 28.6. The summed E-state index contributed by atoms with van der Waals surface area (Å²) in [6, 6.07) is 9.58. The fourth-order valence-corrected chi connectivity index (χ4v) is 2.11. The van der Waals surface area contributed by atoms with E-state index in [1.165, 1.54) is 29.3 Å². The number of imidazole rings is 1. The number of aromatic nitrogens is 3. The van der Waals surface area contributed by atoms with Crippen molar-refractivity contribution in [2.75, 3.05) is 0 Å². The number of nitro benzene ring substituents is 1. The van der Waals surface area contributed by atoms with Crippen LogP contribution in [0.5, 0.6) is 0 Å². The number of oxazole rings is 1. The van der Waals surface area contributed by atoms with Crippen LogP contribution >= 0.6 is 0 Å². The summed E-state index contributed by atoms with van der Waals surface area (Å²) in [6.45, 7) is 0.216. The first kappa shape index (κ1) is 14.9. The summed E-state index contributed by atoms with van der Waals surface area (Å²) >= 11 is 0. The first-order valence-corrected chi connectivity index (χ1v) is 6.67. The van der Waals surface area contributed by atoms with Gasteiger partial charge in [0.25, 0.3) is 5.69 Å². The Morgan fingerprint density at radius 1 is 1.25 bits per heavy atom. The van der Waals surface area contributed by atoms with E-state index in [4.69, 9.17) is 14.9 Å². The molecule has 0 radical (unpaired) electrons. The van der Waals surface area contributed by atoms with Crippen LogP contribution in [0.1, 0.15) is 17.1 Å². The smallest absolute Gasteiger partial charge is 0.269 e. The Morgan fingerprint density at radius 3 is 2.62 bits per heavy atom. The SMILES string of the molecule is N#Cc1ncn(Cc2coc(-c3ccc([N+](=O)[O-])cc3)n2)c1C#N. The third kappa shape index (κ3) is 2.69. The lowest BCUT2D eigenvalue weighted by Crippen LogP contribution is -2.01. The molecule has 2 aromatic heterocycles. The summed E-state index contributed by atoms with van der Waals surface area (Å²) in [7, 11) is 0. The van der Waals surface area contributed by atoms with Gasteiger partial charge in [-0.3, -0.25) is 10.1 Å². The molecule has 116 valence electrons. The van der Waals surface area contributed by atoms with Gasteiger partial charge in [0.15, 0.2) is 11.4 Å². The van der Waals surface area contributed by atoms with E-state index in [9.17, 15) is 10.1 Å². The number of rotatable bonds is 4. The van der Waals surface area contributed by atoms with Crippen molar-refractivity contribution in [1.29, 1.82) is 10.5 Å². The van der Waals surface area contributed by atoms with Crippen LogP contribution < -0.4 is 0 Å². The molecule has 1 aromatic carbocycles. The molecule has 0 atom stereocenters. The van der Waals surface area contributed by atoms with Crippen LogP contribution in [0.2, 0.25) is 0 Å². The highest BCUT2D eigenvalue weighted by Crippen LogP contribution is 2.22. The zero-order valence-corrected chi connectivity index (χ0v) is 12.1. The normalized spacial score (nSPS) is 10.1. The Bertz CT molecular complexity index is 988. The second kappa shape index (κ2) is 6.02. The fourth-order valence-electron chi connectivity index (χ4n) is 2.11. The summed E-state index contributed by atoms with van der Waals surface area (Å²) in [5.74, 6) is 0.305. The van der Waals surface area contributed by atoms with Crippen molar-refractivity contribution in [1.82, 2.24) is 14.5 Å². The Morgan fingerprint density at radius 2 is 2.00 bits per heavy atom. The summed E-state index contributed by atoms with van der Waals surface area (Å²) in [4.78, 5) is 18.3. The van der Waals surface area contributed by atoms with E-state index in [2.05, 4.69) is 9.97 Å². The van der Waals surface area contributed by atoms with Gasteiger partial charge in [-0.05, 0) is 12.1 Å². The predicted molar refractivity (Wildman–Crippen MR) is 79.4 cm³/mol. The third-order valence-electron chi connectivity index (χ3n) is 3.26. The summed E-state index contributed by atoms with van der Waals surface area (Å²) in [6.07, 6.45) is 2.81. The molecule has 0 amide bonds. The minimum absolute atomic E-state index is 0.0216. The molecule has 0 aliphatic heterocycles. The largest absolute Gasteiger partial charge is 0.444 e. The van der Waals surface area contributed by atoms with E-state index >= 15 is 0 Å². The zero-order chi connectivity index (χ0) is 17.1. The van der Waals surface area contributed by atoms with Gasteiger partial charge in [0, 0.05) is 17.7 Å². The van der Waals surface area contributed by atoms with Crippen molar-refractivity contribution in [3.63, 3.8) is 0 Å². The van der Waals surface area contributed by atoms with Gasteiger partial charge in [-0.15, -0.1) is 0 Å². The minimum Gasteiger partial charge on any atom is -0.444 e. The van der Waals surface area contributed by atoms with E-state index in [0.717, 1.165) is 0 Å². The van der Waals surface area contributed by atoms with Gasteiger partial charge >= 0.3 is 0 Å². The highest BCUT2D eigenvalue weighted by Gasteiger charge is 2.13. The lowest BCUT2D eigenvalue weighted by molar-refractivity contribution is -0.384. The Labute approximate surface area is 135 Å². The van der Waals surface area contributed by atoms with Gasteiger partial charge in [-0.1, -0.05) is 0 Å². The van der Waals surface area contributed by atoms with E-state index in [1.807, 2.05) is 12.1 Å². The van der Waals surface area contributed by atoms with Crippen LogP contribution in [0.4, 0.5) is 5.69 Å². The van der Waals surface area contributed by atoms with Gasteiger partial charge in [0.2, 0.25) is 5.89 Å². The first-order chi connectivity index (χ1) is 11.6. The average Bonchev–Trinajstić information content (AvgIpc) is 3.21. The lowest BCUT2D eigenvalue weighted by Gasteiger charge is -1.99. The monoisotopic (exact) mass is 320 g/mol. The van der Waals surface area contributed by atoms with Crippen molar-refractivity contribution in [3.05, 3.63) is 64.1 Å². The molecule has 3 aromatic rings. The van der Waals surface area contributed by atoms with Crippen molar-refractivity contribution < 1.29 is 9.34 Å². The Hall–Kier alpha value is -3.98. The zero-order valence-electron chi connectivity index (χ0n) is 12.1. The third-order valence-corrected chi connectivity index (χ3v) is 3.26. The molecule has 9 heteroatoms. The van der Waals surface area contributed by atoms with Crippen molar-refractivity contribution in [2.45, 2.75) is 6.54 Å². The van der Waals surface area contributed by atoms with Crippen LogP contribution in [0.15, 0.2) is 41.3 Å². The molecule has 0 N–H and O–H groups in total. The molecule has 2 heterocycles. The van der Waals surface area contributed by atoms with Gasteiger partial charge in [0.05, 0.1) is 23.5 Å². The van der Waals surface area contributed by atoms with Gasteiger partial charge < -0.3 is 8.98 Å². The summed E-state index contributed by atoms with van der Waals surface area (Å²) in [5.41, 5.74) is 1.30. The number of hydrogen-bond acceptors (Lipinski definition) is 7. The molecule has 0 spiro atoms. The Kier molecular flexibility index (Phi) is 3.75. The van der Waals surface area contributed by atoms with Crippen LogP contribution in [0.3, 0.4) is 0 Å². The van der Waals surface area contributed by atoms with Crippen molar-refractivity contribution in [2.24, 2.45) is 0 Å². The number of nitriles is 2. The number of benzene rings is 1. The summed E-state index contributed by atoms with van der Waals surface area (Å²) < 4.78 is 6.86. The molecule has 24 heavy (non-hydrogen) atoms. The molecule has 0 bridgehead atoms. The van der Waals surface area contributed by atoms with Crippen LogP contribution in [0, 0.1) is 32.8 Å².